The van der Waals surface area contributed by atoms with Crippen molar-refractivity contribution in [2.75, 3.05) is 13.1 Å². The van der Waals surface area contributed by atoms with Crippen LogP contribution in [0.15, 0.2) is 29.1 Å². The normalized spacial score (nSPS) is 17.2. The largest absolute Gasteiger partial charge is 0.345 e. The fraction of sp³-hybridized carbons (Fsp3) is 0.385. The summed E-state index contributed by atoms with van der Waals surface area (Å²) in [5.74, 6) is 0. The highest BCUT2D eigenvalue weighted by Gasteiger charge is 2.22. The molecule has 5 nitrogen and oxygen atoms in total. The molecular formula is C13H15N3O2. The highest BCUT2D eigenvalue weighted by Crippen LogP contribution is 2.23. The summed E-state index contributed by atoms with van der Waals surface area (Å²) in [6.07, 6.45) is 2.55. The summed E-state index contributed by atoms with van der Waals surface area (Å²) in [5, 5.41) is 0. The molecule has 0 saturated carbocycles. The fourth-order valence-electron chi connectivity index (χ4n) is 2.69. The molecule has 0 unspecified atom stereocenters. The number of para-hydroxylation sites is 2. The maximum Gasteiger partial charge on any atom is 0.326 e. The topological polar surface area (TPSA) is 58.1 Å². The standard InChI is InChI=1S/C13H15N3O2/c17-9-15-7-5-10(6-8-15)16-12-4-2-1-3-11(12)14-13(16)18/h1-4,9-10H,5-8H2,(H,14,18). The van der Waals surface area contributed by atoms with E-state index in [9.17, 15) is 9.59 Å². The first-order valence-corrected chi connectivity index (χ1v) is 6.18. The molecule has 5 heteroatoms. The lowest BCUT2D eigenvalue weighted by Crippen LogP contribution is -2.36. The lowest BCUT2D eigenvalue weighted by molar-refractivity contribution is -0.119. The van der Waals surface area contributed by atoms with Crippen LogP contribution in [0.1, 0.15) is 18.9 Å². The molecule has 3 rings (SSSR count). The zero-order chi connectivity index (χ0) is 12.5. The minimum atomic E-state index is -0.0549. The van der Waals surface area contributed by atoms with Gasteiger partial charge in [-0.1, -0.05) is 12.1 Å². The van der Waals surface area contributed by atoms with Gasteiger partial charge in [-0.15, -0.1) is 0 Å². The molecule has 1 aliphatic heterocycles. The van der Waals surface area contributed by atoms with Gasteiger partial charge < -0.3 is 9.88 Å². The summed E-state index contributed by atoms with van der Waals surface area (Å²) >= 11 is 0. The number of H-pyrrole nitrogens is 1. The number of aromatic nitrogens is 2. The van der Waals surface area contributed by atoms with Crippen LogP contribution in [0, 0.1) is 0 Å². The van der Waals surface area contributed by atoms with Gasteiger partial charge in [0.1, 0.15) is 0 Å². The van der Waals surface area contributed by atoms with Crippen molar-refractivity contribution < 1.29 is 4.79 Å². The molecule has 1 saturated heterocycles. The number of hydrogen-bond acceptors (Lipinski definition) is 2. The monoisotopic (exact) mass is 245 g/mol. The smallest absolute Gasteiger partial charge is 0.326 e. The first-order valence-electron chi connectivity index (χ1n) is 6.18. The lowest BCUT2D eigenvalue weighted by atomic mass is 10.1. The average Bonchev–Trinajstić information content (AvgIpc) is 2.75. The number of piperidine rings is 1. The number of benzene rings is 1. The average molecular weight is 245 g/mol. The molecule has 18 heavy (non-hydrogen) atoms. The Morgan fingerprint density at radius 2 is 1.94 bits per heavy atom. The number of nitrogens with one attached hydrogen (secondary N) is 1. The van der Waals surface area contributed by atoms with E-state index in [1.165, 1.54) is 0 Å². The van der Waals surface area contributed by atoms with Gasteiger partial charge >= 0.3 is 5.69 Å². The van der Waals surface area contributed by atoms with Crippen molar-refractivity contribution in [1.29, 1.82) is 0 Å². The Balaban J connectivity index is 1.97. The minimum Gasteiger partial charge on any atom is -0.345 e. The quantitative estimate of drug-likeness (QED) is 0.806. The molecule has 1 aromatic heterocycles. The van der Waals surface area contributed by atoms with Gasteiger partial charge in [-0.25, -0.2) is 4.79 Å². The maximum atomic E-state index is 12.0. The van der Waals surface area contributed by atoms with Crippen molar-refractivity contribution in [1.82, 2.24) is 14.5 Å². The molecule has 0 aliphatic carbocycles. The van der Waals surface area contributed by atoms with Gasteiger partial charge in [-0.05, 0) is 25.0 Å². The number of carbonyl (C=O) groups is 1. The number of imidazole rings is 1. The van der Waals surface area contributed by atoms with E-state index in [-0.39, 0.29) is 11.7 Å². The number of carbonyl (C=O) groups excluding carboxylic acids is 1. The Labute approximate surface area is 104 Å². The van der Waals surface area contributed by atoms with Crippen LogP contribution in [-0.4, -0.2) is 34.0 Å². The lowest BCUT2D eigenvalue weighted by Gasteiger charge is -2.29. The van der Waals surface area contributed by atoms with E-state index < -0.39 is 0 Å². The van der Waals surface area contributed by atoms with E-state index in [2.05, 4.69) is 4.98 Å². The van der Waals surface area contributed by atoms with Crippen LogP contribution in [0.4, 0.5) is 0 Å². The van der Waals surface area contributed by atoms with Crippen LogP contribution in [0.2, 0.25) is 0 Å². The van der Waals surface area contributed by atoms with Gasteiger partial charge in [0.25, 0.3) is 0 Å². The van der Waals surface area contributed by atoms with Gasteiger partial charge in [0, 0.05) is 19.1 Å². The first kappa shape index (κ1) is 11.1. The van der Waals surface area contributed by atoms with E-state index in [0.29, 0.717) is 0 Å². The predicted molar refractivity (Wildman–Crippen MR) is 68.5 cm³/mol. The second-order valence-corrected chi connectivity index (χ2v) is 4.69. The van der Waals surface area contributed by atoms with Crippen molar-refractivity contribution >= 4 is 17.4 Å². The van der Waals surface area contributed by atoms with Gasteiger partial charge in [-0.3, -0.25) is 9.36 Å². The maximum absolute atomic E-state index is 12.0. The summed E-state index contributed by atoms with van der Waals surface area (Å²) in [7, 11) is 0. The number of rotatable bonds is 2. The Bertz CT molecular complexity index is 620. The van der Waals surface area contributed by atoms with Gasteiger partial charge in [-0.2, -0.15) is 0 Å². The third kappa shape index (κ3) is 1.72. The number of amides is 1. The molecule has 0 atom stereocenters. The molecule has 0 radical (unpaired) electrons. The number of aromatic amines is 1. The zero-order valence-corrected chi connectivity index (χ0v) is 10.0. The van der Waals surface area contributed by atoms with Crippen molar-refractivity contribution in [2.45, 2.75) is 18.9 Å². The van der Waals surface area contributed by atoms with E-state index >= 15 is 0 Å². The highest BCUT2D eigenvalue weighted by molar-refractivity contribution is 5.75. The zero-order valence-electron chi connectivity index (χ0n) is 10.0. The number of fused-ring (bicyclic) bond motifs is 1. The second-order valence-electron chi connectivity index (χ2n) is 4.69. The molecule has 2 heterocycles. The summed E-state index contributed by atoms with van der Waals surface area (Å²) < 4.78 is 1.83. The van der Waals surface area contributed by atoms with Crippen molar-refractivity contribution in [2.24, 2.45) is 0 Å². The highest BCUT2D eigenvalue weighted by atomic mass is 16.1. The Kier molecular flexibility index (Phi) is 2.66. The molecule has 1 aromatic carbocycles. The van der Waals surface area contributed by atoms with Crippen LogP contribution in [0.25, 0.3) is 11.0 Å². The van der Waals surface area contributed by atoms with Crippen molar-refractivity contribution in [3.05, 3.63) is 34.7 Å². The Morgan fingerprint density at radius 3 is 2.67 bits per heavy atom. The second kappa shape index (κ2) is 4.33. The van der Waals surface area contributed by atoms with Crippen molar-refractivity contribution in [3.63, 3.8) is 0 Å². The summed E-state index contributed by atoms with van der Waals surface area (Å²) in [6, 6.07) is 7.90. The first-order chi connectivity index (χ1) is 8.79. The third-order valence-electron chi connectivity index (χ3n) is 3.64. The van der Waals surface area contributed by atoms with Gasteiger partial charge in [0.2, 0.25) is 6.41 Å². The van der Waals surface area contributed by atoms with Crippen LogP contribution < -0.4 is 5.69 Å². The number of likely N-dealkylation sites (tertiary alicyclic amines) is 1. The van der Waals surface area contributed by atoms with E-state index in [0.717, 1.165) is 43.4 Å². The van der Waals surface area contributed by atoms with E-state index in [1.54, 1.807) is 4.90 Å². The minimum absolute atomic E-state index is 0.0549. The molecule has 1 N–H and O–H groups in total. The van der Waals surface area contributed by atoms with Crippen molar-refractivity contribution in [3.8, 4) is 0 Å². The summed E-state index contributed by atoms with van der Waals surface area (Å²) in [4.78, 5) is 27.3. The molecule has 94 valence electrons. The fourth-order valence-corrected chi connectivity index (χ4v) is 2.69. The molecule has 0 bridgehead atoms. The molecule has 1 amide bonds. The summed E-state index contributed by atoms with van der Waals surface area (Å²) in [6.45, 7) is 1.44. The molecule has 1 fully saturated rings. The summed E-state index contributed by atoms with van der Waals surface area (Å²) in [5.41, 5.74) is 1.77. The van der Waals surface area contributed by atoms with E-state index in [4.69, 9.17) is 0 Å². The SMILES string of the molecule is O=CN1CCC(n2c(=O)[nH]c3ccccc32)CC1. The molecule has 0 spiro atoms. The van der Waals surface area contributed by atoms with Gasteiger partial charge in [0.05, 0.1) is 11.0 Å². The van der Waals surface area contributed by atoms with Crippen LogP contribution in [0.3, 0.4) is 0 Å². The number of nitrogens with zero attached hydrogens (tertiary/aromatic N) is 2. The number of hydrogen-bond donors (Lipinski definition) is 1. The van der Waals surface area contributed by atoms with Crippen LogP contribution in [-0.2, 0) is 4.79 Å². The van der Waals surface area contributed by atoms with Gasteiger partial charge in [0.15, 0.2) is 0 Å². The van der Waals surface area contributed by atoms with Crippen LogP contribution in [0.5, 0.6) is 0 Å². The Morgan fingerprint density at radius 1 is 1.22 bits per heavy atom. The predicted octanol–water partition coefficient (Wildman–Crippen LogP) is 1.12. The van der Waals surface area contributed by atoms with Crippen LogP contribution >= 0.6 is 0 Å². The molecular weight excluding hydrogens is 230 g/mol. The molecule has 2 aromatic rings. The third-order valence-corrected chi connectivity index (χ3v) is 3.64. The molecule has 1 aliphatic rings. The van der Waals surface area contributed by atoms with E-state index in [1.807, 2.05) is 28.8 Å². The Hall–Kier alpha value is -2.04.